The van der Waals surface area contributed by atoms with Crippen LogP contribution in [0.4, 0.5) is 5.95 Å². The van der Waals surface area contributed by atoms with Crippen LogP contribution in [-0.2, 0) is 16.8 Å². The van der Waals surface area contributed by atoms with Gasteiger partial charge in [0.05, 0.1) is 12.0 Å². The van der Waals surface area contributed by atoms with Crippen LogP contribution in [0.25, 0.3) is 0 Å². The van der Waals surface area contributed by atoms with Crippen LogP contribution in [-0.4, -0.2) is 26.1 Å². The highest BCUT2D eigenvalue weighted by Gasteiger charge is 2.43. The first-order valence-corrected chi connectivity index (χ1v) is 8.39. The molecular weight excluding hydrogens is 290 g/mol. The number of hydrogen-bond acceptors (Lipinski definition) is 4. The SMILES string of the molecule is CCCCn1nnc(NC(=O)C2(c3ccccc3)CCCC2)n1. The van der Waals surface area contributed by atoms with Gasteiger partial charge >= 0.3 is 0 Å². The number of benzene rings is 1. The Labute approximate surface area is 136 Å². The van der Waals surface area contributed by atoms with Gasteiger partial charge in [-0.05, 0) is 30.0 Å². The minimum absolute atomic E-state index is 0.0174. The molecule has 1 aliphatic carbocycles. The van der Waals surface area contributed by atoms with Gasteiger partial charge in [0, 0.05) is 0 Å². The molecule has 6 heteroatoms. The average molecular weight is 313 g/mol. The minimum Gasteiger partial charge on any atom is -0.291 e. The smallest absolute Gasteiger partial charge is 0.270 e. The number of nitrogens with one attached hydrogen (secondary N) is 1. The quantitative estimate of drug-likeness (QED) is 0.890. The standard InChI is InChI=1S/C17H23N5O/c1-2-3-13-22-20-16(19-21-22)18-15(23)17(11-7-8-12-17)14-9-5-4-6-10-14/h4-6,9-10H,2-3,7-8,11-13H2,1H3,(H,18,20,23). The van der Waals surface area contributed by atoms with E-state index in [1.807, 2.05) is 30.3 Å². The molecular formula is C17H23N5O. The number of hydrogen-bond donors (Lipinski definition) is 1. The highest BCUT2D eigenvalue weighted by Crippen LogP contribution is 2.41. The van der Waals surface area contributed by atoms with E-state index in [-0.39, 0.29) is 5.91 Å². The molecule has 3 rings (SSSR count). The molecule has 1 amide bonds. The van der Waals surface area contributed by atoms with Crippen LogP contribution in [0.1, 0.15) is 51.0 Å². The Balaban J connectivity index is 1.76. The van der Waals surface area contributed by atoms with E-state index in [9.17, 15) is 4.79 Å². The first-order chi connectivity index (χ1) is 11.2. The van der Waals surface area contributed by atoms with Gasteiger partial charge in [0.1, 0.15) is 0 Å². The van der Waals surface area contributed by atoms with E-state index in [0.29, 0.717) is 5.95 Å². The number of unbranched alkanes of at least 4 members (excludes halogenated alkanes) is 1. The maximum absolute atomic E-state index is 12.9. The summed E-state index contributed by atoms with van der Waals surface area (Å²) in [5, 5.41) is 15.1. The van der Waals surface area contributed by atoms with E-state index in [1.165, 1.54) is 0 Å². The third-order valence-corrected chi connectivity index (χ3v) is 4.61. The third-order valence-electron chi connectivity index (χ3n) is 4.61. The summed E-state index contributed by atoms with van der Waals surface area (Å²) in [6.07, 6.45) is 5.94. The number of amides is 1. The molecule has 0 radical (unpaired) electrons. The Morgan fingerprint density at radius 2 is 2.00 bits per heavy atom. The van der Waals surface area contributed by atoms with Crippen molar-refractivity contribution < 1.29 is 4.79 Å². The first kappa shape index (κ1) is 15.6. The van der Waals surface area contributed by atoms with Crippen LogP contribution in [0, 0.1) is 0 Å². The molecule has 0 atom stereocenters. The fourth-order valence-electron chi connectivity index (χ4n) is 3.29. The normalized spacial score (nSPS) is 16.4. The summed E-state index contributed by atoms with van der Waals surface area (Å²) in [5.74, 6) is 0.282. The van der Waals surface area contributed by atoms with Gasteiger partial charge in [-0.3, -0.25) is 10.1 Å². The Hall–Kier alpha value is -2.24. The summed E-state index contributed by atoms with van der Waals surface area (Å²) in [4.78, 5) is 14.5. The van der Waals surface area contributed by atoms with E-state index in [1.54, 1.807) is 4.80 Å². The van der Waals surface area contributed by atoms with Crippen molar-refractivity contribution in [2.75, 3.05) is 5.32 Å². The molecule has 23 heavy (non-hydrogen) atoms. The Morgan fingerprint density at radius 3 is 2.70 bits per heavy atom. The third kappa shape index (κ3) is 3.25. The van der Waals surface area contributed by atoms with Crippen molar-refractivity contribution >= 4 is 11.9 Å². The molecule has 1 aromatic carbocycles. The molecule has 1 aliphatic rings. The summed E-state index contributed by atoms with van der Waals surface area (Å²) in [6, 6.07) is 10.0. The maximum Gasteiger partial charge on any atom is 0.270 e. The van der Waals surface area contributed by atoms with Crippen molar-refractivity contribution in [3.05, 3.63) is 35.9 Å². The molecule has 6 nitrogen and oxygen atoms in total. The van der Waals surface area contributed by atoms with E-state index in [4.69, 9.17) is 0 Å². The predicted octanol–water partition coefficient (Wildman–Crippen LogP) is 2.92. The van der Waals surface area contributed by atoms with Gasteiger partial charge in [-0.25, -0.2) is 0 Å². The second kappa shape index (κ2) is 6.89. The van der Waals surface area contributed by atoms with Gasteiger partial charge in [-0.15, -0.1) is 5.10 Å². The number of aryl methyl sites for hydroxylation is 1. The average Bonchev–Trinajstić information content (AvgIpc) is 3.24. The van der Waals surface area contributed by atoms with Crippen molar-refractivity contribution in [3.8, 4) is 0 Å². The van der Waals surface area contributed by atoms with Gasteiger partial charge in [-0.1, -0.05) is 61.6 Å². The molecule has 122 valence electrons. The molecule has 1 aromatic heterocycles. The fraction of sp³-hybridized carbons (Fsp3) is 0.529. The molecule has 0 saturated heterocycles. The topological polar surface area (TPSA) is 72.7 Å². The van der Waals surface area contributed by atoms with Gasteiger partial charge in [-0.2, -0.15) is 4.80 Å². The molecule has 0 unspecified atom stereocenters. The van der Waals surface area contributed by atoms with Crippen LogP contribution < -0.4 is 5.32 Å². The van der Waals surface area contributed by atoms with E-state index in [2.05, 4.69) is 27.7 Å². The van der Waals surface area contributed by atoms with Crippen molar-refractivity contribution in [2.24, 2.45) is 0 Å². The number of rotatable bonds is 6. The summed E-state index contributed by atoms with van der Waals surface area (Å²) in [6.45, 7) is 2.84. The zero-order chi connectivity index (χ0) is 16.1. The number of anilines is 1. The molecule has 1 saturated carbocycles. The summed E-state index contributed by atoms with van der Waals surface area (Å²) in [5.41, 5.74) is 0.615. The van der Waals surface area contributed by atoms with E-state index in [0.717, 1.165) is 50.6 Å². The number of nitrogens with zero attached hydrogens (tertiary/aromatic N) is 4. The van der Waals surface area contributed by atoms with Crippen LogP contribution in [0.5, 0.6) is 0 Å². The van der Waals surface area contributed by atoms with Crippen LogP contribution >= 0.6 is 0 Å². The Kier molecular flexibility index (Phi) is 4.69. The number of aromatic nitrogens is 4. The lowest BCUT2D eigenvalue weighted by molar-refractivity contribution is -0.121. The molecule has 0 aliphatic heterocycles. The highest BCUT2D eigenvalue weighted by molar-refractivity contribution is 5.98. The monoisotopic (exact) mass is 313 g/mol. The molecule has 1 N–H and O–H groups in total. The van der Waals surface area contributed by atoms with E-state index < -0.39 is 5.41 Å². The number of carbonyl (C=O) groups excluding carboxylic acids is 1. The Morgan fingerprint density at radius 1 is 1.26 bits per heavy atom. The van der Waals surface area contributed by atoms with Crippen molar-refractivity contribution in [1.82, 2.24) is 20.2 Å². The summed E-state index contributed by atoms with van der Waals surface area (Å²) >= 11 is 0. The van der Waals surface area contributed by atoms with Gasteiger partial charge in [0.15, 0.2) is 0 Å². The lowest BCUT2D eigenvalue weighted by Crippen LogP contribution is -2.38. The molecule has 0 spiro atoms. The lowest BCUT2D eigenvalue weighted by atomic mass is 9.78. The molecule has 0 bridgehead atoms. The van der Waals surface area contributed by atoms with Crippen molar-refractivity contribution in [3.63, 3.8) is 0 Å². The zero-order valence-electron chi connectivity index (χ0n) is 13.5. The predicted molar refractivity (Wildman–Crippen MR) is 87.9 cm³/mol. The van der Waals surface area contributed by atoms with Crippen molar-refractivity contribution in [2.45, 2.75) is 57.4 Å². The number of carbonyl (C=O) groups is 1. The summed E-state index contributed by atoms with van der Waals surface area (Å²) in [7, 11) is 0. The lowest BCUT2D eigenvalue weighted by Gasteiger charge is -2.27. The van der Waals surface area contributed by atoms with Gasteiger partial charge in [0.2, 0.25) is 5.91 Å². The molecule has 1 heterocycles. The second-order valence-electron chi connectivity index (χ2n) is 6.17. The van der Waals surface area contributed by atoms with Gasteiger partial charge < -0.3 is 0 Å². The fourth-order valence-corrected chi connectivity index (χ4v) is 3.29. The second-order valence-corrected chi connectivity index (χ2v) is 6.17. The molecule has 2 aromatic rings. The zero-order valence-corrected chi connectivity index (χ0v) is 13.5. The first-order valence-electron chi connectivity index (χ1n) is 8.39. The van der Waals surface area contributed by atoms with Crippen LogP contribution in [0.3, 0.4) is 0 Å². The highest BCUT2D eigenvalue weighted by atomic mass is 16.2. The Bertz CT molecular complexity index is 646. The minimum atomic E-state index is -0.462. The van der Waals surface area contributed by atoms with Crippen LogP contribution in [0.2, 0.25) is 0 Å². The largest absolute Gasteiger partial charge is 0.291 e. The molecule has 1 fully saturated rings. The van der Waals surface area contributed by atoms with Gasteiger partial charge in [0.25, 0.3) is 5.95 Å². The van der Waals surface area contributed by atoms with Crippen LogP contribution in [0.15, 0.2) is 30.3 Å². The van der Waals surface area contributed by atoms with E-state index >= 15 is 0 Å². The van der Waals surface area contributed by atoms with Crippen molar-refractivity contribution in [1.29, 1.82) is 0 Å². The summed E-state index contributed by atoms with van der Waals surface area (Å²) < 4.78 is 0. The maximum atomic E-state index is 12.9. The number of tetrazole rings is 1.